The fourth-order valence-electron chi connectivity index (χ4n) is 4.74. The largest absolute Gasteiger partial charge is 0.353 e. The van der Waals surface area contributed by atoms with Gasteiger partial charge in [0, 0.05) is 39.1 Å². The van der Waals surface area contributed by atoms with Gasteiger partial charge in [-0.3, -0.25) is 4.79 Å². The lowest BCUT2D eigenvalue weighted by Crippen LogP contribution is -2.12. The van der Waals surface area contributed by atoms with Gasteiger partial charge in [0.1, 0.15) is 0 Å². The molecule has 6 rings (SSSR count). The number of carbonyl (C=O) groups is 1. The molecule has 0 saturated carbocycles. The zero-order valence-corrected chi connectivity index (χ0v) is 16.4. The van der Waals surface area contributed by atoms with E-state index in [1.165, 1.54) is 16.5 Å². The first-order valence-corrected chi connectivity index (χ1v) is 10.0. The normalized spacial score (nSPS) is 13.5. The number of fused-ring (bicyclic) bond motifs is 10. The standard InChI is InChI=1S/C25H21N3O/c1-13(2)7-8-14-9-10-19-16(11-14)21-22-17(12-26-25(22)29)20-15-5-3-4-6-18(15)27-23(20)24(21)28-19/h3-7,9-11,27-28H,8,12H2,1-2H3,(H,26,29). The van der Waals surface area contributed by atoms with E-state index in [0.717, 1.165) is 55.8 Å². The predicted molar refractivity (Wildman–Crippen MR) is 119 cm³/mol. The number of nitrogens with one attached hydrogen (secondary N) is 3. The number of carbonyl (C=O) groups excluding carboxylic acids is 1. The van der Waals surface area contributed by atoms with Crippen LogP contribution in [0.4, 0.5) is 0 Å². The number of aromatic amines is 2. The number of hydrogen-bond acceptors (Lipinski definition) is 1. The maximum Gasteiger partial charge on any atom is 0.252 e. The smallest absolute Gasteiger partial charge is 0.252 e. The number of benzene rings is 3. The van der Waals surface area contributed by atoms with Gasteiger partial charge in [0.15, 0.2) is 0 Å². The van der Waals surface area contributed by atoms with Crippen LogP contribution < -0.4 is 5.32 Å². The van der Waals surface area contributed by atoms with Crippen molar-refractivity contribution in [2.45, 2.75) is 26.8 Å². The summed E-state index contributed by atoms with van der Waals surface area (Å²) in [7, 11) is 0. The van der Waals surface area contributed by atoms with Gasteiger partial charge >= 0.3 is 0 Å². The van der Waals surface area contributed by atoms with Crippen LogP contribution in [0.5, 0.6) is 0 Å². The molecule has 1 amide bonds. The van der Waals surface area contributed by atoms with Crippen molar-refractivity contribution >= 4 is 49.5 Å². The van der Waals surface area contributed by atoms with Crippen molar-refractivity contribution in [3.63, 3.8) is 0 Å². The SMILES string of the molecule is CC(C)=CCc1ccc2[nH]c3c4[nH]c5ccccc5c4c4c(c3c2c1)C(=O)NC4. The van der Waals surface area contributed by atoms with E-state index in [1.807, 2.05) is 6.07 Å². The Hall–Kier alpha value is -3.53. The van der Waals surface area contributed by atoms with Crippen LogP contribution in [0, 0.1) is 0 Å². The van der Waals surface area contributed by atoms with E-state index in [0.29, 0.717) is 6.54 Å². The Morgan fingerprint density at radius 3 is 2.55 bits per heavy atom. The van der Waals surface area contributed by atoms with E-state index < -0.39 is 0 Å². The Morgan fingerprint density at radius 2 is 1.72 bits per heavy atom. The quantitative estimate of drug-likeness (QED) is 0.338. The average Bonchev–Trinajstić information content (AvgIpc) is 3.38. The summed E-state index contributed by atoms with van der Waals surface area (Å²) in [5.41, 5.74) is 8.74. The molecule has 4 nitrogen and oxygen atoms in total. The molecule has 0 radical (unpaired) electrons. The molecule has 4 heteroatoms. The first-order valence-electron chi connectivity index (χ1n) is 10.0. The van der Waals surface area contributed by atoms with Gasteiger partial charge in [-0.15, -0.1) is 0 Å². The Labute approximate surface area is 167 Å². The van der Waals surface area contributed by atoms with Crippen LogP contribution in [0.15, 0.2) is 54.1 Å². The minimum absolute atomic E-state index is 0.0211. The zero-order valence-electron chi connectivity index (χ0n) is 16.4. The first kappa shape index (κ1) is 16.4. The molecule has 0 saturated heterocycles. The third-order valence-corrected chi connectivity index (χ3v) is 6.07. The molecule has 0 unspecified atom stereocenters. The summed E-state index contributed by atoms with van der Waals surface area (Å²) in [5, 5.41) is 7.52. The lowest BCUT2D eigenvalue weighted by atomic mass is 9.96. The highest BCUT2D eigenvalue weighted by Gasteiger charge is 2.29. The monoisotopic (exact) mass is 379 g/mol. The van der Waals surface area contributed by atoms with Crippen molar-refractivity contribution in [2.24, 2.45) is 0 Å². The summed E-state index contributed by atoms with van der Waals surface area (Å²) in [5.74, 6) is 0.0211. The van der Waals surface area contributed by atoms with Crippen LogP contribution in [-0.2, 0) is 13.0 Å². The van der Waals surface area contributed by atoms with Crippen molar-refractivity contribution in [3.8, 4) is 0 Å². The van der Waals surface area contributed by atoms with Crippen molar-refractivity contribution in [1.82, 2.24) is 15.3 Å². The third kappa shape index (κ3) is 2.23. The van der Waals surface area contributed by atoms with E-state index in [4.69, 9.17) is 0 Å². The van der Waals surface area contributed by atoms with Crippen LogP contribution >= 0.6 is 0 Å². The summed E-state index contributed by atoms with van der Waals surface area (Å²) in [4.78, 5) is 20.1. The second-order valence-corrected chi connectivity index (χ2v) is 8.20. The highest BCUT2D eigenvalue weighted by Crippen LogP contribution is 2.42. The number of hydrogen-bond donors (Lipinski definition) is 3. The van der Waals surface area contributed by atoms with E-state index in [2.05, 4.69) is 71.6 Å². The number of allylic oxidation sites excluding steroid dienone is 2. The molecule has 142 valence electrons. The number of aromatic nitrogens is 2. The second kappa shape index (κ2) is 5.74. The molecule has 2 aromatic heterocycles. The molecule has 5 aromatic rings. The highest BCUT2D eigenvalue weighted by molar-refractivity contribution is 6.30. The van der Waals surface area contributed by atoms with E-state index >= 15 is 0 Å². The Bertz CT molecular complexity index is 1510. The van der Waals surface area contributed by atoms with Crippen LogP contribution in [-0.4, -0.2) is 15.9 Å². The van der Waals surface area contributed by atoms with Crippen LogP contribution in [0.1, 0.15) is 35.3 Å². The van der Waals surface area contributed by atoms with Crippen molar-refractivity contribution in [3.05, 3.63) is 70.8 Å². The van der Waals surface area contributed by atoms with E-state index in [9.17, 15) is 4.79 Å². The molecule has 0 spiro atoms. The van der Waals surface area contributed by atoms with Gasteiger partial charge in [-0.25, -0.2) is 0 Å². The van der Waals surface area contributed by atoms with Gasteiger partial charge in [-0.1, -0.05) is 35.9 Å². The first-order chi connectivity index (χ1) is 14.1. The fraction of sp³-hybridized carbons (Fsp3) is 0.160. The van der Waals surface area contributed by atoms with Gasteiger partial charge in [-0.2, -0.15) is 0 Å². The van der Waals surface area contributed by atoms with Crippen molar-refractivity contribution in [2.75, 3.05) is 0 Å². The molecule has 3 heterocycles. The topological polar surface area (TPSA) is 60.7 Å². The molecule has 0 atom stereocenters. The molecule has 1 aliphatic heterocycles. The van der Waals surface area contributed by atoms with Gasteiger partial charge in [-0.05, 0) is 49.6 Å². The van der Waals surface area contributed by atoms with Gasteiger partial charge in [0.05, 0.1) is 16.6 Å². The maximum absolute atomic E-state index is 12.9. The van der Waals surface area contributed by atoms with Crippen LogP contribution in [0.3, 0.4) is 0 Å². The third-order valence-electron chi connectivity index (χ3n) is 6.07. The molecule has 1 aliphatic rings. The second-order valence-electron chi connectivity index (χ2n) is 8.20. The molecule has 0 bridgehead atoms. The van der Waals surface area contributed by atoms with E-state index in [1.54, 1.807) is 0 Å². The summed E-state index contributed by atoms with van der Waals surface area (Å²) in [6.07, 6.45) is 3.14. The minimum Gasteiger partial charge on any atom is -0.353 e. The Kier molecular flexibility index (Phi) is 3.25. The fourth-order valence-corrected chi connectivity index (χ4v) is 4.74. The summed E-state index contributed by atoms with van der Waals surface area (Å²) in [6.45, 7) is 4.81. The van der Waals surface area contributed by atoms with Gasteiger partial charge in [0.25, 0.3) is 5.91 Å². The average molecular weight is 379 g/mol. The van der Waals surface area contributed by atoms with Crippen molar-refractivity contribution in [1.29, 1.82) is 0 Å². The lowest BCUT2D eigenvalue weighted by Gasteiger charge is -2.04. The van der Waals surface area contributed by atoms with Crippen LogP contribution in [0.25, 0.3) is 43.6 Å². The number of rotatable bonds is 2. The summed E-state index contributed by atoms with van der Waals surface area (Å²) in [6, 6.07) is 14.8. The summed E-state index contributed by atoms with van der Waals surface area (Å²) >= 11 is 0. The van der Waals surface area contributed by atoms with Gasteiger partial charge in [0.2, 0.25) is 0 Å². The number of H-pyrrole nitrogens is 2. The number of para-hydroxylation sites is 1. The van der Waals surface area contributed by atoms with E-state index in [-0.39, 0.29) is 5.91 Å². The molecule has 3 aromatic carbocycles. The number of amides is 1. The molecule has 29 heavy (non-hydrogen) atoms. The molecular formula is C25H21N3O. The minimum atomic E-state index is 0.0211. The van der Waals surface area contributed by atoms with Gasteiger partial charge < -0.3 is 15.3 Å². The molecule has 0 aliphatic carbocycles. The molecule has 0 fully saturated rings. The molecular weight excluding hydrogens is 358 g/mol. The predicted octanol–water partition coefficient (Wildman–Crippen LogP) is 5.71. The highest BCUT2D eigenvalue weighted by atomic mass is 16.1. The molecule has 3 N–H and O–H groups in total. The van der Waals surface area contributed by atoms with Crippen LogP contribution in [0.2, 0.25) is 0 Å². The Balaban J connectivity index is 1.78. The Morgan fingerprint density at radius 1 is 0.966 bits per heavy atom. The zero-order chi connectivity index (χ0) is 19.7. The van der Waals surface area contributed by atoms with Crippen molar-refractivity contribution < 1.29 is 4.79 Å². The maximum atomic E-state index is 12.9. The lowest BCUT2D eigenvalue weighted by molar-refractivity contribution is 0.0967. The summed E-state index contributed by atoms with van der Waals surface area (Å²) < 4.78 is 0.